The molecule has 0 heterocycles. The van der Waals surface area contributed by atoms with Gasteiger partial charge in [-0.3, -0.25) is 13.9 Å². The largest absolute Gasteiger partial charge is 0.350 e. The first-order chi connectivity index (χ1) is 18.6. The van der Waals surface area contributed by atoms with Gasteiger partial charge in [-0.1, -0.05) is 59.1 Å². The monoisotopic (exact) mass is 583 g/mol. The Morgan fingerprint density at radius 1 is 0.925 bits per heavy atom. The highest BCUT2D eigenvalue weighted by atomic mass is 35.5. The Morgan fingerprint density at radius 2 is 1.55 bits per heavy atom. The number of nitrogens with one attached hydrogen (secondary N) is 1. The molecule has 0 aliphatic heterocycles. The van der Waals surface area contributed by atoms with Crippen LogP contribution in [0.3, 0.4) is 0 Å². The fourth-order valence-electron chi connectivity index (χ4n) is 4.32. The summed E-state index contributed by atoms with van der Waals surface area (Å²) in [5, 5.41) is 3.42. The maximum absolute atomic E-state index is 14.0. The number of amides is 2. The Hall–Kier alpha value is -3.36. The van der Waals surface area contributed by atoms with Crippen molar-refractivity contribution in [3.8, 4) is 0 Å². The van der Waals surface area contributed by atoms with E-state index >= 15 is 0 Å². The summed E-state index contributed by atoms with van der Waals surface area (Å²) in [6, 6.07) is 18.1. The minimum atomic E-state index is -4.12. The van der Waals surface area contributed by atoms with Crippen molar-refractivity contribution in [2.24, 2.45) is 0 Å². The molecule has 9 heteroatoms. The summed E-state index contributed by atoms with van der Waals surface area (Å²) < 4.78 is 29.1. The van der Waals surface area contributed by atoms with Crippen LogP contribution in [-0.2, 0) is 26.2 Å². The van der Waals surface area contributed by atoms with Crippen LogP contribution in [0.4, 0.5) is 5.69 Å². The summed E-state index contributed by atoms with van der Waals surface area (Å²) in [7, 11) is -4.12. The molecule has 214 valence electrons. The number of aryl methyl sites for hydroxylation is 3. The average Bonchev–Trinajstić information content (AvgIpc) is 2.85. The van der Waals surface area contributed by atoms with Crippen LogP contribution in [0.5, 0.6) is 0 Å². The molecular formula is C31H38ClN3O4S. The van der Waals surface area contributed by atoms with Gasteiger partial charge in [-0.2, -0.15) is 0 Å². The standard InChI is InChI=1S/C31H38ClN3O4S/c1-21-11-14-27(15-12-21)40(38,39)35(28-16-13-22(2)17-23(28)3)20-29(36)34(19-25-9-8-10-26(32)18-25)24(4)30(37)33-31(5,6)7/h8-18,24H,19-20H2,1-7H3,(H,33,37). The zero-order chi connectivity index (χ0) is 29.8. The highest BCUT2D eigenvalue weighted by Crippen LogP contribution is 2.28. The van der Waals surface area contributed by atoms with E-state index in [0.717, 1.165) is 21.0 Å². The lowest BCUT2D eigenvalue weighted by atomic mass is 10.1. The fourth-order valence-corrected chi connectivity index (χ4v) is 6.02. The van der Waals surface area contributed by atoms with Crippen molar-refractivity contribution in [3.05, 3.63) is 94.0 Å². The van der Waals surface area contributed by atoms with Gasteiger partial charge in [0.25, 0.3) is 10.0 Å². The Labute approximate surface area is 243 Å². The van der Waals surface area contributed by atoms with Crippen molar-refractivity contribution >= 4 is 39.1 Å². The second kappa shape index (κ2) is 12.4. The Balaban J connectivity index is 2.08. The lowest BCUT2D eigenvalue weighted by Crippen LogP contribution is -2.54. The lowest BCUT2D eigenvalue weighted by Gasteiger charge is -2.34. The van der Waals surface area contributed by atoms with Crippen molar-refractivity contribution in [1.29, 1.82) is 0 Å². The van der Waals surface area contributed by atoms with Crippen LogP contribution < -0.4 is 9.62 Å². The van der Waals surface area contributed by atoms with E-state index < -0.39 is 34.1 Å². The van der Waals surface area contributed by atoms with Gasteiger partial charge < -0.3 is 10.2 Å². The van der Waals surface area contributed by atoms with Crippen molar-refractivity contribution < 1.29 is 18.0 Å². The van der Waals surface area contributed by atoms with E-state index in [1.807, 2.05) is 59.7 Å². The van der Waals surface area contributed by atoms with Crippen LogP contribution in [0.15, 0.2) is 71.6 Å². The number of hydrogen-bond donors (Lipinski definition) is 1. The van der Waals surface area contributed by atoms with Gasteiger partial charge in [0.05, 0.1) is 10.6 Å². The highest BCUT2D eigenvalue weighted by molar-refractivity contribution is 7.92. The molecule has 3 aromatic rings. The molecule has 0 bridgehead atoms. The first-order valence-electron chi connectivity index (χ1n) is 13.1. The molecule has 0 radical (unpaired) electrons. The Bertz CT molecular complexity index is 1480. The fraction of sp³-hybridized carbons (Fsp3) is 0.355. The van der Waals surface area contributed by atoms with Crippen molar-refractivity contribution in [3.63, 3.8) is 0 Å². The minimum Gasteiger partial charge on any atom is -0.350 e. The van der Waals surface area contributed by atoms with Gasteiger partial charge in [-0.15, -0.1) is 0 Å². The molecule has 2 amide bonds. The van der Waals surface area contributed by atoms with Crippen molar-refractivity contribution in [2.45, 2.75) is 71.5 Å². The van der Waals surface area contributed by atoms with Crippen LogP contribution in [-0.4, -0.2) is 43.3 Å². The second-order valence-corrected chi connectivity index (χ2v) is 13.5. The molecule has 0 saturated heterocycles. The van der Waals surface area contributed by atoms with E-state index in [-0.39, 0.29) is 17.3 Å². The molecule has 0 aliphatic rings. The summed E-state index contributed by atoms with van der Waals surface area (Å²) >= 11 is 6.20. The van der Waals surface area contributed by atoms with Crippen molar-refractivity contribution in [1.82, 2.24) is 10.2 Å². The minimum absolute atomic E-state index is 0.0728. The summed E-state index contributed by atoms with van der Waals surface area (Å²) in [5.41, 5.74) is 3.19. The van der Waals surface area contributed by atoms with Crippen molar-refractivity contribution in [2.75, 3.05) is 10.8 Å². The molecule has 3 aromatic carbocycles. The lowest BCUT2D eigenvalue weighted by molar-refractivity contribution is -0.140. The molecule has 1 N–H and O–H groups in total. The SMILES string of the molecule is Cc1ccc(S(=O)(=O)N(CC(=O)N(Cc2cccc(Cl)c2)C(C)C(=O)NC(C)(C)C)c2ccc(C)cc2C)cc1. The third kappa shape index (κ3) is 7.86. The molecule has 7 nitrogen and oxygen atoms in total. The van der Waals surface area contributed by atoms with Crippen LogP contribution in [0.1, 0.15) is 49.9 Å². The average molecular weight is 584 g/mol. The maximum atomic E-state index is 14.0. The topological polar surface area (TPSA) is 86.8 Å². The van der Waals surface area contributed by atoms with E-state index in [2.05, 4.69) is 5.32 Å². The number of carbonyl (C=O) groups excluding carboxylic acids is 2. The molecule has 1 unspecified atom stereocenters. The van der Waals surface area contributed by atoms with Gasteiger partial charge in [0, 0.05) is 17.1 Å². The Morgan fingerprint density at radius 3 is 2.12 bits per heavy atom. The normalized spacial score (nSPS) is 12.5. The van der Waals surface area contributed by atoms with Gasteiger partial charge in [-0.05, 0) is 89.9 Å². The summed E-state index contributed by atoms with van der Waals surface area (Å²) in [6.45, 7) is 12.4. The van der Waals surface area contributed by atoms with E-state index in [1.165, 1.54) is 17.0 Å². The van der Waals surface area contributed by atoms with Crippen LogP contribution in [0.25, 0.3) is 0 Å². The maximum Gasteiger partial charge on any atom is 0.264 e. The quantitative estimate of drug-likeness (QED) is 0.345. The van der Waals surface area contributed by atoms with Crippen LogP contribution in [0, 0.1) is 20.8 Å². The summed E-state index contributed by atoms with van der Waals surface area (Å²) in [5.74, 6) is -0.866. The number of carbonyl (C=O) groups is 2. The number of nitrogens with zero attached hydrogens (tertiary/aromatic N) is 2. The Kier molecular flexibility index (Phi) is 9.69. The third-order valence-corrected chi connectivity index (χ3v) is 8.43. The first kappa shape index (κ1) is 31.2. The highest BCUT2D eigenvalue weighted by Gasteiger charge is 2.34. The van der Waals surface area contributed by atoms with E-state index in [9.17, 15) is 18.0 Å². The number of anilines is 1. The molecule has 0 aliphatic carbocycles. The summed E-state index contributed by atoms with van der Waals surface area (Å²) in [6.07, 6.45) is 0. The van der Waals surface area contributed by atoms with Gasteiger partial charge >= 0.3 is 0 Å². The predicted octanol–water partition coefficient (Wildman–Crippen LogP) is 5.79. The molecular weight excluding hydrogens is 546 g/mol. The molecule has 0 spiro atoms. The van der Waals surface area contributed by atoms with Gasteiger partial charge in [0.15, 0.2) is 0 Å². The zero-order valence-electron chi connectivity index (χ0n) is 24.2. The molecule has 1 atom stereocenters. The number of halogens is 1. The summed E-state index contributed by atoms with van der Waals surface area (Å²) in [4.78, 5) is 28.7. The molecule has 3 rings (SSSR count). The number of sulfonamides is 1. The smallest absolute Gasteiger partial charge is 0.264 e. The van der Waals surface area contributed by atoms with E-state index in [4.69, 9.17) is 11.6 Å². The predicted molar refractivity (Wildman–Crippen MR) is 161 cm³/mol. The molecule has 40 heavy (non-hydrogen) atoms. The second-order valence-electron chi connectivity index (χ2n) is 11.2. The number of benzene rings is 3. The molecule has 0 fully saturated rings. The van der Waals surface area contributed by atoms with Crippen LogP contribution >= 0.6 is 11.6 Å². The van der Waals surface area contributed by atoms with Crippen LogP contribution in [0.2, 0.25) is 5.02 Å². The number of rotatable bonds is 9. The van der Waals surface area contributed by atoms with Gasteiger partial charge in [-0.25, -0.2) is 8.42 Å². The van der Waals surface area contributed by atoms with E-state index in [1.54, 1.807) is 43.3 Å². The number of hydrogen-bond acceptors (Lipinski definition) is 4. The molecule has 0 saturated carbocycles. The zero-order valence-corrected chi connectivity index (χ0v) is 25.7. The first-order valence-corrected chi connectivity index (χ1v) is 14.9. The van der Waals surface area contributed by atoms with Gasteiger partial charge in [0.2, 0.25) is 11.8 Å². The van der Waals surface area contributed by atoms with E-state index in [0.29, 0.717) is 16.3 Å². The van der Waals surface area contributed by atoms with Gasteiger partial charge in [0.1, 0.15) is 12.6 Å². The molecule has 0 aromatic heterocycles. The third-order valence-electron chi connectivity index (χ3n) is 6.42.